The zero-order valence-electron chi connectivity index (χ0n) is 28.8. The second-order valence-corrected chi connectivity index (χ2v) is 15.0. The van der Waals surface area contributed by atoms with Crippen LogP contribution in [0.1, 0.15) is 47.9 Å². The van der Waals surface area contributed by atoms with Crippen molar-refractivity contribution < 1.29 is 41.8 Å². The third-order valence-corrected chi connectivity index (χ3v) is 12.0. The number of imide groups is 2. The first kappa shape index (κ1) is 36.7. The number of hydrazine groups is 1. The molecule has 4 amide bonds. The number of amides is 4. The average molecular weight is 794 g/mol. The van der Waals surface area contributed by atoms with Gasteiger partial charge in [-0.2, -0.15) is 18.2 Å². The Kier molecular flexibility index (Phi) is 8.80. The number of allylic oxidation sites excluding steroid dienone is 2. The van der Waals surface area contributed by atoms with Gasteiger partial charge in [-0.15, -0.1) is 0 Å². The van der Waals surface area contributed by atoms with Crippen molar-refractivity contribution in [2.45, 2.75) is 43.7 Å². The predicted octanol–water partition coefficient (Wildman–Crippen LogP) is 8.00. The SMILES string of the molecule is CCc1ccc(N2C(=O)C3CC=C4C(CC5C(=O)N(Nc6ncc(C(F)(F)F)cc6Cl)C(=O)C5(c5ccc(Cl)cc5)C4c4ccc(O)c(F)c4)C3C2=O)cc1. The molecule has 0 spiro atoms. The van der Waals surface area contributed by atoms with Crippen molar-refractivity contribution >= 4 is 58.3 Å². The highest BCUT2D eigenvalue weighted by atomic mass is 35.5. The number of hydrogen-bond donors (Lipinski definition) is 2. The fourth-order valence-corrected chi connectivity index (χ4v) is 9.33. The number of anilines is 2. The summed E-state index contributed by atoms with van der Waals surface area (Å²) in [6.07, 6.45) is -1.73. The first-order valence-electron chi connectivity index (χ1n) is 17.5. The molecule has 15 heteroatoms. The van der Waals surface area contributed by atoms with Gasteiger partial charge in [-0.05, 0) is 84.3 Å². The topological polar surface area (TPSA) is 120 Å². The van der Waals surface area contributed by atoms with Gasteiger partial charge in [0.25, 0.3) is 11.8 Å². The number of pyridine rings is 1. The number of halogens is 6. The number of carbonyl (C=O) groups is 4. The van der Waals surface area contributed by atoms with E-state index in [1.54, 1.807) is 30.3 Å². The van der Waals surface area contributed by atoms with Crippen molar-refractivity contribution in [2.75, 3.05) is 10.3 Å². The molecule has 6 atom stereocenters. The maximum Gasteiger partial charge on any atom is 0.417 e. The summed E-state index contributed by atoms with van der Waals surface area (Å²) >= 11 is 12.5. The van der Waals surface area contributed by atoms with Crippen LogP contribution in [0.2, 0.25) is 10.0 Å². The number of phenols is 1. The first-order chi connectivity index (χ1) is 26.2. The molecule has 1 aromatic heterocycles. The van der Waals surface area contributed by atoms with Crippen LogP contribution >= 0.6 is 23.2 Å². The molecule has 4 aromatic rings. The molecule has 3 aromatic carbocycles. The summed E-state index contributed by atoms with van der Waals surface area (Å²) in [5, 5.41) is 10.7. The van der Waals surface area contributed by atoms with E-state index >= 15 is 9.18 Å². The van der Waals surface area contributed by atoms with Crippen LogP contribution in [0.15, 0.2) is 90.6 Å². The molecule has 2 aliphatic carbocycles. The third kappa shape index (κ3) is 5.61. The number of benzene rings is 3. The van der Waals surface area contributed by atoms with Crippen LogP contribution in [-0.4, -0.2) is 38.7 Å². The Hall–Kier alpha value is -5.27. The highest BCUT2D eigenvalue weighted by Gasteiger charge is 2.70. The normalized spacial score (nSPS) is 26.2. The molecule has 2 aliphatic heterocycles. The molecule has 4 aliphatic rings. The standard InChI is InChI=1S/C40H30Cl2F4N4O5/c1-2-19-3-10-24(11-4-19)49-35(52)26-13-12-25-27(32(26)37(49)54)17-28-36(53)50(48-34-29(42)16-22(18-47-34)40(44,45)46)38(55)39(28,21-6-8-23(41)9-7-21)33(25)20-5-14-31(51)30(43)15-20/h3-12,14-16,18,26-28,32-33,51H,2,13,17H2,1H3,(H,47,48). The maximum absolute atomic E-state index is 15.3. The molecule has 3 fully saturated rings. The second-order valence-electron chi connectivity index (χ2n) is 14.2. The first-order valence-corrected chi connectivity index (χ1v) is 18.2. The van der Waals surface area contributed by atoms with E-state index in [1.807, 2.05) is 19.1 Å². The van der Waals surface area contributed by atoms with Crippen LogP contribution in [0.25, 0.3) is 0 Å². The molecular formula is C40H30Cl2F4N4O5. The van der Waals surface area contributed by atoms with E-state index in [1.165, 1.54) is 18.2 Å². The van der Waals surface area contributed by atoms with Crippen molar-refractivity contribution in [3.05, 3.63) is 129 Å². The molecular weight excluding hydrogens is 763 g/mol. The van der Waals surface area contributed by atoms with Gasteiger partial charge < -0.3 is 5.11 Å². The molecule has 2 saturated heterocycles. The van der Waals surface area contributed by atoms with Crippen LogP contribution in [-0.2, 0) is 37.2 Å². The van der Waals surface area contributed by atoms with E-state index in [9.17, 15) is 32.7 Å². The quantitative estimate of drug-likeness (QED) is 0.115. The van der Waals surface area contributed by atoms with Crippen LogP contribution in [0.5, 0.6) is 5.75 Å². The number of hydrogen-bond acceptors (Lipinski definition) is 7. The lowest BCUT2D eigenvalue weighted by Gasteiger charge is -2.50. The van der Waals surface area contributed by atoms with E-state index in [4.69, 9.17) is 23.2 Å². The minimum Gasteiger partial charge on any atom is -0.505 e. The van der Waals surface area contributed by atoms with Gasteiger partial charge in [0.2, 0.25) is 11.8 Å². The lowest BCUT2D eigenvalue weighted by molar-refractivity contribution is -0.139. The summed E-state index contributed by atoms with van der Waals surface area (Å²) in [4.78, 5) is 63.4. The zero-order chi connectivity index (χ0) is 39.1. The molecule has 3 heterocycles. The highest BCUT2D eigenvalue weighted by Crippen LogP contribution is 2.64. The van der Waals surface area contributed by atoms with Crippen LogP contribution in [0, 0.1) is 29.5 Å². The zero-order valence-corrected chi connectivity index (χ0v) is 30.3. The number of fused-ring (bicyclic) bond motifs is 4. The van der Waals surface area contributed by atoms with Gasteiger partial charge in [-0.1, -0.05) is 72.1 Å². The number of rotatable bonds is 6. The van der Waals surface area contributed by atoms with Crippen molar-refractivity contribution in [2.24, 2.45) is 23.7 Å². The predicted molar refractivity (Wildman–Crippen MR) is 193 cm³/mol. The number of aryl methyl sites for hydroxylation is 1. The molecule has 1 saturated carbocycles. The summed E-state index contributed by atoms with van der Waals surface area (Å²) in [6.45, 7) is 1.98. The van der Waals surface area contributed by atoms with Gasteiger partial charge in [-0.25, -0.2) is 9.37 Å². The maximum atomic E-state index is 15.3. The Morgan fingerprint density at radius 3 is 2.27 bits per heavy atom. The smallest absolute Gasteiger partial charge is 0.417 e. The fourth-order valence-electron chi connectivity index (χ4n) is 9.00. The molecule has 2 N–H and O–H groups in total. The monoisotopic (exact) mass is 792 g/mol. The summed E-state index contributed by atoms with van der Waals surface area (Å²) in [7, 11) is 0. The molecule has 6 unspecified atom stereocenters. The molecule has 8 rings (SSSR count). The molecule has 55 heavy (non-hydrogen) atoms. The van der Waals surface area contributed by atoms with Gasteiger partial charge in [0.15, 0.2) is 17.4 Å². The second kappa shape index (κ2) is 13.2. The highest BCUT2D eigenvalue weighted by molar-refractivity contribution is 6.33. The summed E-state index contributed by atoms with van der Waals surface area (Å²) in [5.41, 5.74) is 1.99. The Morgan fingerprint density at radius 1 is 0.927 bits per heavy atom. The Bertz CT molecular complexity index is 2320. The number of aromatic hydroxyl groups is 1. The van der Waals surface area contributed by atoms with Gasteiger partial charge in [-0.3, -0.25) is 29.5 Å². The Morgan fingerprint density at radius 2 is 1.64 bits per heavy atom. The van der Waals surface area contributed by atoms with Gasteiger partial charge in [0, 0.05) is 17.1 Å². The fraction of sp³-hybridized carbons (Fsp3) is 0.275. The lowest BCUT2D eigenvalue weighted by atomic mass is 9.49. The van der Waals surface area contributed by atoms with E-state index < -0.39 is 92.8 Å². The largest absolute Gasteiger partial charge is 0.505 e. The van der Waals surface area contributed by atoms with Crippen molar-refractivity contribution in [1.82, 2.24) is 9.99 Å². The van der Waals surface area contributed by atoms with Crippen LogP contribution in [0.3, 0.4) is 0 Å². The molecule has 0 radical (unpaired) electrons. The average Bonchev–Trinajstić information content (AvgIpc) is 3.54. The van der Waals surface area contributed by atoms with Crippen molar-refractivity contribution in [3.8, 4) is 5.75 Å². The molecule has 282 valence electrons. The van der Waals surface area contributed by atoms with E-state index in [0.29, 0.717) is 39.1 Å². The number of carbonyl (C=O) groups excluding carboxylic acids is 4. The van der Waals surface area contributed by atoms with Gasteiger partial charge in [0.1, 0.15) is 0 Å². The Balaban J connectivity index is 1.30. The van der Waals surface area contributed by atoms with E-state index in [0.717, 1.165) is 29.0 Å². The Labute approximate surface area is 321 Å². The number of nitrogens with one attached hydrogen (secondary N) is 1. The van der Waals surface area contributed by atoms with Gasteiger partial charge in [0.05, 0.1) is 39.4 Å². The lowest BCUT2D eigenvalue weighted by Crippen LogP contribution is -2.53. The van der Waals surface area contributed by atoms with Crippen molar-refractivity contribution in [1.29, 1.82) is 0 Å². The third-order valence-electron chi connectivity index (χ3n) is 11.5. The number of aromatic nitrogens is 1. The summed E-state index contributed by atoms with van der Waals surface area (Å²) < 4.78 is 55.7. The summed E-state index contributed by atoms with van der Waals surface area (Å²) in [5.74, 6) is -9.55. The minimum absolute atomic E-state index is 0.106. The van der Waals surface area contributed by atoms with E-state index in [2.05, 4.69) is 10.4 Å². The van der Waals surface area contributed by atoms with Crippen LogP contribution in [0.4, 0.5) is 29.1 Å². The number of nitrogens with zero attached hydrogens (tertiary/aromatic N) is 3. The van der Waals surface area contributed by atoms with Gasteiger partial charge >= 0.3 is 6.18 Å². The number of phenolic OH excluding ortho intramolecular Hbond substituents is 1. The minimum atomic E-state index is -4.77. The van der Waals surface area contributed by atoms with E-state index in [-0.39, 0.29) is 18.4 Å². The number of alkyl halides is 3. The molecule has 0 bridgehead atoms. The summed E-state index contributed by atoms with van der Waals surface area (Å²) in [6, 6.07) is 17.5. The van der Waals surface area contributed by atoms with Crippen LogP contribution < -0.4 is 10.3 Å². The van der Waals surface area contributed by atoms with Crippen molar-refractivity contribution in [3.63, 3.8) is 0 Å². The molecule has 9 nitrogen and oxygen atoms in total.